The highest BCUT2D eigenvalue weighted by molar-refractivity contribution is 7.89. The number of rotatable bonds is 7. The van der Waals surface area contributed by atoms with Crippen molar-refractivity contribution in [2.45, 2.75) is 50.1 Å². The Balaban J connectivity index is 1.34. The molecule has 172 valence electrons. The van der Waals surface area contributed by atoms with E-state index in [9.17, 15) is 17.6 Å². The summed E-state index contributed by atoms with van der Waals surface area (Å²) in [6.07, 6.45) is 3.22. The van der Waals surface area contributed by atoms with Crippen LogP contribution >= 0.6 is 0 Å². The quantitative estimate of drug-likeness (QED) is 0.632. The van der Waals surface area contributed by atoms with Gasteiger partial charge in [-0.15, -0.1) is 0 Å². The molecule has 0 atom stereocenters. The first kappa shape index (κ1) is 22.7. The molecule has 0 saturated carbocycles. The number of hydrogen-bond acceptors (Lipinski definition) is 3. The predicted molar refractivity (Wildman–Crippen MR) is 121 cm³/mol. The summed E-state index contributed by atoms with van der Waals surface area (Å²) in [6.45, 7) is 4.63. The molecule has 2 amide bonds. The van der Waals surface area contributed by atoms with Gasteiger partial charge in [0.25, 0.3) is 0 Å². The zero-order chi connectivity index (χ0) is 22.7. The molecule has 2 heterocycles. The first-order valence-corrected chi connectivity index (χ1v) is 12.7. The Kier molecular flexibility index (Phi) is 6.81. The van der Waals surface area contributed by atoms with Gasteiger partial charge in [0.2, 0.25) is 10.0 Å². The van der Waals surface area contributed by atoms with Gasteiger partial charge in [-0.1, -0.05) is 37.6 Å². The number of nitrogens with zero attached hydrogens (tertiary/aromatic N) is 3. The van der Waals surface area contributed by atoms with Crippen LogP contribution in [0.2, 0.25) is 0 Å². The average Bonchev–Trinajstić information content (AvgIpc) is 3.16. The summed E-state index contributed by atoms with van der Waals surface area (Å²) in [5.74, 6) is -0.290. The van der Waals surface area contributed by atoms with Crippen LogP contribution in [0.1, 0.15) is 37.3 Å². The van der Waals surface area contributed by atoms with Crippen LogP contribution in [0.15, 0.2) is 53.4 Å². The molecular formula is C24H30FN3O3S. The molecule has 2 saturated heterocycles. The summed E-state index contributed by atoms with van der Waals surface area (Å²) >= 11 is 0. The third kappa shape index (κ3) is 4.81. The smallest absolute Gasteiger partial charge is 0.320 e. The Labute approximate surface area is 189 Å². The van der Waals surface area contributed by atoms with Crippen molar-refractivity contribution in [2.75, 3.05) is 26.2 Å². The van der Waals surface area contributed by atoms with Gasteiger partial charge in [0.05, 0.1) is 4.90 Å². The van der Waals surface area contributed by atoms with Crippen LogP contribution in [0.4, 0.5) is 9.18 Å². The third-order valence-corrected chi connectivity index (χ3v) is 8.29. The van der Waals surface area contributed by atoms with Crippen LogP contribution in [-0.4, -0.2) is 60.8 Å². The molecule has 2 aromatic carbocycles. The minimum absolute atomic E-state index is 0.0258. The maximum atomic E-state index is 13.1. The number of amides is 2. The molecule has 2 fully saturated rings. The number of carbonyl (C=O) groups is 1. The Morgan fingerprint density at radius 3 is 2.16 bits per heavy atom. The van der Waals surface area contributed by atoms with E-state index in [1.54, 1.807) is 29.2 Å². The minimum atomic E-state index is -3.52. The second kappa shape index (κ2) is 9.58. The normalized spacial score (nSPS) is 18.5. The van der Waals surface area contributed by atoms with Gasteiger partial charge in [-0.25, -0.2) is 17.6 Å². The number of sulfonamides is 1. The predicted octanol–water partition coefficient (Wildman–Crippen LogP) is 3.87. The molecule has 0 bridgehead atoms. The molecule has 2 aliphatic heterocycles. The van der Waals surface area contributed by atoms with Crippen molar-refractivity contribution in [3.8, 4) is 0 Å². The van der Waals surface area contributed by atoms with Crippen LogP contribution in [0, 0.1) is 5.82 Å². The standard InChI is InChI=1S/C24H30FN3O3S/c1-2-3-19-6-10-23(11-7-19)32(30,31)27-14-12-22(13-15-27)28-17-16-26(24(28)29)18-20-4-8-21(25)9-5-20/h4-11,22H,2-3,12-18H2,1H3. The first-order valence-electron chi connectivity index (χ1n) is 11.3. The van der Waals surface area contributed by atoms with E-state index in [-0.39, 0.29) is 17.9 Å². The molecule has 8 heteroatoms. The van der Waals surface area contributed by atoms with E-state index in [1.165, 1.54) is 16.4 Å². The number of carbonyl (C=O) groups excluding carboxylic acids is 1. The van der Waals surface area contributed by atoms with Gasteiger partial charge in [0.15, 0.2) is 0 Å². The van der Waals surface area contributed by atoms with Crippen molar-refractivity contribution in [1.29, 1.82) is 0 Å². The van der Waals surface area contributed by atoms with Crippen LogP contribution < -0.4 is 0 Å². The summed E-state index contributed by atoms with van der Waals surface area (Å²) in [4.78, 5) is 16.9. The lowest BCUT2D eigenvalue weighted by Crippen LogP contribution is -2.47. The molecule has 0 radical (unpaired) electrons. The monoisotopic (exact) mass is 459 g/mol. The van der Waals surface area contributed by atoms with Gasteiger partial charge in [-0.2, -0.15) is 4.31 Å². The van der Waals surface area contributed by atoms with Crippen molar-refractivity contribution < 1.29 is 17.6 Å². The first-order chi connectivity index (χ1) is 15.4. The van der Waals surface area contributed by atoms with Gasteiger partial charge in [-0.05, 0) is 54.7 Å². The maximum Gasteiger partial charge on any atom is 0.320 e. The van der Waals surface area contributed by atoms with E-state index in [0.29, 0.717) is 50.5 Å². The minimum Gasteiger partial charge on any atom is -0.320 e. The summed E-state index contributed by atoms with van der Waals surface area (Å²) in [5.41, 5.74) is 2.04. The largest absolute Gasteiger partial charge is 0.320 e. The molecule has 4 rings (SSSR count). The molecular weight excluding hydrogens is 429 g/mol. The Hall–Kier alpha value is -2.45. The molecule has 32 heavy (non-hydrogen) atoms. The van der Waals surface area contributed by atoms with Crippen LogP contribution in [-0.2, 0) is 23.0 Å². The fourth-order valence-corrected chi connectivity index (χ4v) is 6.03. The van der Waals surface area contributed by atoms with Crippen molar-refractivity contribution in [3.05, 3.63) is 65.5 Å². The molecule has 2 aliphatic rings. The molecule has 0 N–H and O–H groups in total. The van der Waals surface area contributed by atoms with Gasteiger partial charge < -0.3 is 9.80 Å². The fraction of sp³-hybridized carbons (Fsp3) is 0.458. The number of aryl methyl sites for hydroxylation is 1. The number of halogens is 1. The zero-order valence-electron chi connectivity index (χ0n) is 18.4. The topological polar surface area (TPSA) is 60.9 Å². The van der Waals surface area contributed by atoms with Crippen LogP contribution in [0.25, 0.3) is 0 Å². The Bertz CT molecular complexity index is 1030. The van der Waals surface area contributed by atoms with Gasteiger partial charge in [0.1, 0.15) is 5.82 Å². The number of benzene rings is 2. The highest BCUT2D eigenvalue weighted by atomic mass is 32.2. The summed E-state index contributed by atoms with van der Waals surface area (Å²) in [6, 6.07) is 13.4. The van der Waals surface area contributed by atoms with E-state index < -0.39 is 10.0 Å². The average molecular weight is 460 g/mol. The van der Waals surface area contributed by atoms with Crippen molar-refractivity contribution in [2.24, 2.45) is 0 Å². The Morgan fingerprint density at radius 1 is 0.906 bits per heavy atom. The third-order valence-electron chi connectivity index (χ3n) is 6.38. The lowest BCUT2D eigenvalue weighted by atomic mass is 10.1. The second-order valence-corrected chi connectivity index (χ2v) is 10.5. The molecule has 6 nitrogen and oxygen atoms in total. The summed E-state index contributed by atoms with van der Waals surface area (Å²) < 4.78 is 40.7. The number of hydrogen-bond donors (Lipinski definition) is 0. The molecule has 0 unspecified atom stereocenters. The summed E-state index contributed by atoms with van der Waals surface area (Å²) in [7, 11) is -3.52. The van der Waals surface area contributed by atoms with Crippen LogP contribution in [0.3, 0.4) is 0 Å². The van der Waals surface area contributed by atoms with Crippen LogP contribution in [0.5, 0.6) is 0 Å². The Morgan fingerprint density at radius 2 is 1.53 bits per heavy atom. The molecule has 0 aromatic heterocycles. The highest BCUT2D eigenvalue weighted by Crippen LogP contribution is 2.26. The second-order valence-electron chi connectivity index (χ2n) is 8.55. The van der Waals surface area contributed by atoms with Crippen molar-refractivity contribution >= 4 is 16.1 Å². The van der Waals surface area contributed by atoms with Gasteiger partial charge in [-0.3, -0.25) is 0 Å². The summed E-state index contributed by atoms with van der Waals surface area (Å²) in [5, 5.41) is 0. The van der Waals surface area contributed by atoms with Gasteiger partial charge in [0, 0.05) is 38.8 Å². The number of urea groups is 1. The molecule has 0 aliphatic carbocycles. The zero-order valence-corrected chi connectivity index (χ0v) is 19.2. The van der Waals surface area contributed by atoms with E-state index in [2.05, 4.69) is 6.92 Å². The van der Waals surface area contributed by atoms with E-state index in [1.807, 2.05) is 17.0 Å². The lowest BCUT2D eigenvalue weighted by Gasteiger charge is -2.35. The SMILES string of the molecule is CCCc1ccc(S(=O)(=O)N2CCC(N3CCN(Cc4ccc(F)cc4)C3=O)CC2)cc1. The van der Waals surface area contributed by atoms with Crippen molar-refractivity contribution in [3.63, 3.8) is 0 Å². The lowest BCUT2D eigenvalue weighted by molar-refractivity contribution is 0.153. The van der Waals surface area contributed by atoms with Gasteiger partial charge >= 0.3 is 6.03 Å². The van der Waals surface area contributed by atoms with E-state index >= 15 is 0 Å². The van der Waals surface area contributed by atoms with E-state index in [4.69, 9.17) is 0 Å². The highest BCUT2D eigenvalue weighted by Gasteiger charge is 2.37. The number of piperidine rings is 1. The fourth-order valence-electron chi connectivity index (χ4n) is 4.56. The van der Waals surface area contributed by atoms with Crippen molar-refractivity contribution in [1.82, 2.24) is 14.1 Å². The van der Waals surface area contributed by atoms with E-state index in [0.717, 1.165) is 24.0 Å². The molecule has 0 spiro atoms. The maximum absolute atomic E-state index is 13.1. The molecule has 2 aromatic rings.